The van der Waals surface area contributed by atoms with Gasteiger partial charge in [-0.15, -0.1) is 0 Å². The van der Waals surface area contributed by atoms with E-state index in [1.54, 1.807) is 49.5 Å². The maximum Gasteiger partial charge on any atom is 0.339 e. The molecule has 0 aliphatic carbocycles. The van der Waals surface area contributed by atoms with E-state index in [9.17, 15) is 9.59 Å². The van der Waals surface area contributed by atoms with Crippen LogP contribution < -0.4 is 14.4 Å². The number of ether oxygens (including phenoxy) is 3. The zero-order chi connectivity index (χ0) is 27.4. The van der Waals surface area contributed by atoms with Crippen LogP contribution in [0.2, 0.25) is 0 Å². The summed E-state index contributed by atoms with van der Waals surface area (Å²) in [5, 5.41) is 0. The van der Waals surface area contributed by atoms with Gasteiger partial charge in [0.1, 0.15) is 0 Å². The fourth-order valence-corrected chi connectivity index (χ4v) is 5.13. The van der Waals surface area contributed by atoms with Gasteiger partial charge in [0.2, 0.25) is 5.60 Å². The first-order valence-electron chi connectivity index (χ1n) is 12.9. The van der Waals surface area contributed by atoms with Crippen molar-refractivity contribution in [1.82, 2.24) is 0 Å². The molecule has 0 bridgehead atoms. The molecular weight excluding hydrogens is 490 g/mol. The molecule has 1 heterocycles. The first-order valence-corrected chi connectivity index (χ1v) is 12.9. The van der Waals surface area contributed by atoms with E-state index in [4.69, 9.17) is 14.2 Å². The fraction of sp³-hybridized carbons (Fsp3) is 0.212. The monoisotopic (exact) mass is 521 g/mol. The van der Waals surface area contributed by atoms with Crippen LogP contribution in [0.1, 0.15) is 32.6 Å². The number of amides is 1. The predicted octanol–water partition coefficient (Wildman–Crippen LogP) is 5.90. The first-order chi connectivity index (χ1) is 18.9. The Kier molecular flexibility index (Phi) is 7.37. The number of rotatable bonds is 9. The molecular formula is C33H31NO5. The van der Waals surface area contributed by atoms with Crippen molar-refractivity contribution < 1.29 is 23.8 Å². The Labute approximate surface area is 228 Å². The number of methoxy groups -OCH3 is 2. The lowest BCUT2D eigenvalue weighted by Gasteiger charge is -2.29. The summed E-state index contributed by atoms with van der Waals surface area (Å²) in [5.41, 5.74) is 3.14. The standard InChI is InChI=1S/C33H31NO5/c1-23-14-16-28-27(20-23)33(39-31(35)26-12-8-5-9-13-26,22-25-15-17-29(37-2)30(21-25)38-3)32(36)34(28)19-18-24-10-6-4-7-11-24/h4-17,20-21H,18-19,22H2,1-3H3. The van der Waals surface area contributed by atoms with Gasteiger partial charge in [0.15, 0.2) is 11.5 Å². The number of anilines is 1. The Bertz CT molecular complexity index is 1480. The second-order valence-corrected chi connectivity index (χ2v) is 9.66. The van der Waals surface area contributed by atoms with Crippen molar-refractivity contribution in [3.05, 3.63) is 125 Å². The largest absolute Gasteiger partial charge is 0.493 e. The van der Waals surface area contributed by atoms with Crippen molar-refractivity contribution in [3.63, 3.8) is 0 Å². The third-order valence-electron chi connectivity index (χ3n) is 7.11. The van der Waals surface area contributed by atoms with E-state index in [2.05, 4.69) is 0 Å². The summed E-state index contributed by atoms with van der Waals surface area (Å²) in [4.78, 5) is 29.7. The molecule has 0 aromatic heterocycles. The van der Waals surface area contributed by atoms with Gasteiger partial charge in [-0.3, -0.25) is 4.79 Å². The maximum atomic E-state index is 14.5. The van der Waals surface area contributed by atoms with Gasteiger partial charge in [0, 0.05) is 18.5 Å². The molecule has 198 valence electrons. The van der Waals surface area contributed by atoms with Crippen molar-refractivity contribution in [3.8, 4) is 11.5 Å². The molecule has 0 radical (unpaired) electrons. The van der Waals surface area contributed by atoms with Gasteiger partial charge in [-0.05, 0) is 60.9 Å². The van der Waals surface area contributed by atoms with Crippen LogP contribution in [0.5, 0.6) is 11.5 Å². The van der Waals surface area contributed by atoms with Crippen molar-refractivity contribution in [2.75, 3.05) is 25.7 Å². The number of hydrogen-bond donors (Lipinski definition) is 0. The second kappa shape index (κ2) is 11.0. The molecule has 0 fully saturated rings. The van der Waals surface area contributed by atoms with E-state index < -0.39 is 11.6 Å². The van der Waals surface area contributed by atoms with E-state index in [1.165, 1.54) is 0 Å². The number of fused-ring (bicyclic) bond motifs is 1. The summed E-state index contributed by atoms with van der Waals surface area (Å²) in [6.45, 7) is 2.42. The minimum Gasteiger partial charge on any atom is -0.493 e. The van der Waals surface area contributed by atoms with E-state index in [0.29, 0.717) is 35.6 Å². The minimum absolute atomic E-state index is 0.142. The summed E-state index contributed by atoms with van der Waals surface area (Å²) in [6.07, 6.45) is 0.808. The van der Waals surface area contributed by atoms with Crippen molar-refractivity contribution in [2.45, 2.75) is 25.4 Å². The van der Waals surface area contributed by atoms with Crippen LogP contribution in [0, 0.1) is 6.92 Å². The number of carbonyl (C=O) groups excluding carboxylic acids is 2. The highest BCUT2D eigenvalue weighted by atomic mass is 16.6. The average Bonchev–Trinajstić information content (AvgIpc) is 3.18. The van der Waals surface area contributed by atoms with E-state index in [-0.39, 0.29) is 12.3 Å². The molecule has 1 aliphatic rings. The van der Waals surface area contributed by atoms with Crippen LogP contribution in [0.25, 0.3) is 0 Å². The van der Waals surface area contributed by atoms with Crippen LogP contribution in [-0.2, 0) is 28.0 Å². The number of aryl methyl sites for hydroxylation is 1. The van der Waals surface area contributed by atoms with Crippen LogP contribution in [0.15, 0.2) is 97.1 Å². The van der Waals surface area contributed by atoms with Crippen LogP contribution >= 0.6 is 0 Å². The van der Waals surface area contributed by atoms with Gasteiger partial charge in [0.25, 0.3) is 5.91 Å². The highest BCUT2D eigenvalue weighted by molar-refractivity contribution is 6.09. The molecule has 4 aromatic carbocycles. The molecule has 1 aliphatic heterocycles. The summed E-state index contributed by atoms with van der Waals surface area (Å²) in [6, 6.07) is 30.2. The van der Waals surface area contributed by atoms with Crippen molar-refractivity contribution >= 4 is 17.6 Å². The molecule has 1 unspecified atom stereocenters. The Morgan fingerprint density at radius 2 is 1.49 bits per heavy atom. The second-order valence-electron chi connectivity index (χ2n) is 9.66. The number of hydrogen-bond acceptors (Lipinski definition) is 5. The first kappa shape index (κ1) is 26.0. The third-order valence-corrected chi connectivity index (χ3v) is 7.11. The maximum absolute atomic E-state index is 14.5. The number of esters is 1. The Morgan fingerprint density at radius 3 is 2.18 bits per heavy atom. The van der Waals surface area contributed by atoms with Gasteiger partial charge in [-0.2, -0.15) is 0 Å². The molecule has 5 rings (SSSR count). The lowest BCUT2D eigenvalue weighted by atomic mass is 9.87. The zero-order valence-electron chi connectivity index (χ0n) is 22.3. The molecule has 6 nitrogen and oxygen atoms in total. The summed E-state index contributed by atoms with van der Waals surface area (Å²) < 4.78 is 17.2. The lowest BCUT2D eigenvalue weighted by Crippen LogP contribution is -2.46. The van der Waals surface area contributed by atoms with E-state index in [0.717, 1.165) is 22.4 Å². The fourth-order valence-electron chi connectivity index (χ4n) is 5.13. The molecule has 0 N–H and O–H groups in total. The minimum atomic E-state index is -1.55. The topological polar surface area (TPSA) is 65.1 Å². The molecule has 0 saturated carbocycles. The smallest absolute Gasteiger partial charge is 0.339 e. The van der Waals surface area contributed by atoms with Gasteiger partial charge in [0.05, 0.1) is 25.5 Å². The number of nitrogens with zero attached hydrogens (tertiary/aromatic N) is 1. The Morgan fingerprint density at radius 1 is 0.795 bits per heavy atom. The lowest BCUT2D eigenvalue weighted by molar-refractivity contribution is -0.137. The van der Waals surface area contributed by atoms with Gasteiger partial charge >= 0.3 is 5.97 Å². The van der Waals surface area contributed by atoms with Crippen molar-refractivity contribution in [1.29, 1.82) is 0 Å². The van der Waals surface area contributed by atoms with E-state index in [1.807, 2.05) is 73.7 Å². The quantitative estimate of drug-likeness (QED) is 0.257. The molecule has 0 saturated heterocycles. The summed E-state index contributed by atoms with van der Waals surface area (Å²) in [5.74, 6) is 0.297. The average molecular weight is 522 g/mol. The Hall–Kier alpha value is -4.58. The van der Waals surface area contributed by atoms with Gasteiger partial charge in [-0.1, -0.05) is 66.2 Å². The third kappa shape index (κ3) is 5.10. The Balaban J connectivity index is 1.60. The highest BCUT2D eigenvalue weighted by Crippen LogP contribution is 2.46. The van der Waals surface area contributed by atoms with Gasteiger partial charge in [-0.25, -0.2) is 4.79 Å². The SMILES string of the molecule is COc1ccc(CC2(OC(=O)c3ccccc3)C(=O)N(CCc3ccccc3)c3ccc(C)cc32)cc1OC. The molecule has 0 spiro atoms. The van der Waals surface area contributed by atoms with Crippen LogP contribution in [0.3, 0.4) is 0 Å². The zero-order valence-corrected chi connectivity index (χ0v) is 22.3. The highest BCUT2D eigenvalue weighted by Gasteiger charge is 2.54. The van der Waals surface area contributed by atoms with E-state index >= 15 is 0 Å². The normalized spacial score (nSPS) is 16.1. The predicted molar refractivity (Wildman–Crippen MR) is 150 cm³/mol. The number of carbonyl (C=O) groups is 2. The van der Waals surface area contributed by atoms with Crippen LogP contribution in [-0.4, -0.2) is 32.6 Å². The van der Waals surface area contributed by atoms with Crippen molar-refractivity contribution in [2.24, 2.45) is 0 Å². The van der Waals surface area contributed by atoms with Gasteiger partial charge < -0.3 is 19.1 Å². The molecule has 1 atom stereocenters. The molecule has 39 heavy (non-hydrogen) atoms. The summed E-state index contributed by atoms with van der Waals surface area (Å²) in [7, 11) is 3.14. The molecule has 1 amide bonds. The molecule has 4 aromatic rings. The van der Waals surface area contributed by atoms with Crippen LogP contribution in [0.4, 0.5) is 5.69 Å². The number of benzene rings is 4. The summed E-state index contributed by atoms with van der Waals surface area (Å²) >= 11 is 0. The molecule has 6 heteroatoms.